The van der Waals surface area contributed by atoms with Gasteiger partial charge in [0.15, 0.2) is 5.75 Å². The minimum absolute atomic E-state index is 0.149. The highest BCUT2D eigenvalue weighted by atomic mass is 32.2. The van der Waals surface area contributed by atoms with E-state index in [2.05, 4.69) is 16.4 Å². The molecule has 0 aliphatic heterocycles. The first kappa shape index (κ1) is 17.3. The minimum Gasteiger partial charge on any atom is -0.465 e. The van der Waals surface area contributed by atoms with Gasteiger partial charge in [-0.25, -0.2) is 8.42 Å². The molecule has 0 fully saturated rings. The first-order chi connectivity index (χ1) is 10.9. The molecule has 0 radical (unpaired) electrons. The molecule has 0 unspecified atom stereocenters. The molecule has 7 heteroatoms. The van der Waals surface area contributed by atoms with Crippen LogP contribution in [0.4, 0.5) is 5.69 Å². The molecule has 1 N–H and O–H groups in total. The molecule has 0 aliphatic rings. The van der Waals surface area contributed by atoms with Gasteiger partial charge in [-0.1, -0.05) is 13.3 Å². The Morgan fingerprint density at radius 2 is 2.04 bits per heavy atom. The average molecular weight is 339 g/mol. The second kappa shape index (κ2) is 7.50. The first-order valence-corrected chi connectivity index (χ1v) is 9.27. The Hall–Kier alpha value is -2.02. The van der Waals surface area contributed by atoms with Gasteiger partial charge in [0.05, 0.1) is 6.61 Å². The third-order valence-electron chi connectivity index (χ3n) is 3.23. The van der Waals surface area contributed by atoms with Crippen molar-refractivity contribution in [3.05, 3.63) is 30.0 Å². The van der Waals surface area contributed by atoms with Gasteiger partial charge in [0.25, 0.3) is 0 Å². The lowest BCUT2D eigenvalue weighted by molar-refractivity contribution is -0.139. The molecule has 0 amide bonds. The zero-order valence-electron chi connectivity index (χ0n) is 13.3. The molecule has 0 atom stereocenters. The quantitative estimate of drug-likeness (QED) is 0.747. The molecule has 1 heterocycles. The molecular formula is C16H21NO5S. The number of hydrogen-bond acceptors (Lipinski definition) is 5. The topological polar surface area (TPSA) is 85.6 Å². The summed E-state index contributed by atoms with van der Waals surface area (Å²) in [6.07, 6.45) is 2.98. The number of carbonyl (C=O) groups is 1. The van der Waals surface area contributed by atoms with Crippen LogP contribution in [0, 0.1) is 0 Å². The second-order valence-corrected chi connectivity index (χ2v) is 6.96. The number of fused-ring (bicyclic) bond motifs is 1. The average Bonchev–Trinajstić information content (AvgIpc) is 2.86. The summed E-state index contributed by atoms with van der Waals surface area (Å²) in [7, 11) is -3.79. The minimum atomic E-state index is -3.79. The number of aryl methyl sites for hydroxylation is 1. The third-order valence-corrected chi connectivity index (χ3v) is 4.39. The Labute approximate surface area is 135 Å². The smallest absolute Gasteiger partial charge is 0.323 e. The van der Waals surface area contributed by atoms with E-state index < -0.39 is 21.7 Å². The molecule has 1 aromatic carbocycles. The second-order valence-electron chi connectivity index (χ2n) is 5.24. The Bertz CT molecular complexity index is 779. The van der Waals surface area contributed by atoms with E-state index in [1.54, 1.807) is 25.1 Å². The summed E-state index contributed by atoms with van der Waals surface area (Å²) in [6, 6.07) is 6.93. The molecule has 0 bridgehead atoms. The number of nitrogens with one attached hydrogen (secondary N) is 1. The molecule has 23 heavy (non-hydrogen) atoms. The summed E-state index contributed by atoms with van der Waals surface area (Å²) in [5.74, 6) is -0.592. The fraction of sp³-hybridized carbons (Fsp3) is 0.438. The van der Waals surface area contributed by atoms with Gasteiger partial charge in [-0.2, -0.15) is 0 Å². The number of hydrogen-bond donors (Lipinski definition) is 1. The molecule has 0 aliphatic carbocycles. The monoisotopic (exact) mass is 339 g/mol. The fourth-order valence-electron chi connectivity index (χ4n) is 2.21. The largest absolute Gasteiger partial charge is 0.465 e. The normalized spacial score (nSPS) is 11.6. The zero-order chi connectivity index (χ0) is 16.9. The fourth-order valence-corrected chi connectivity index (χ4v) is 3.16. The van der Waals surface area contributed by atoms with Gasteiger partial charge in [-0.3, -0.25) is 9.52 Å². The van der Waals surface area contributed by atoms with Gasteiger partial charge >= 0.3 is 5.97 Å². The summed E-state index contributed by atoms with van der Waals surface area (Å²) in [5.41, 5.74) is 1.11. The number of benzene rings is 1. The van der Waals surface area contributed by atoms with Crippen molar-refractivity contribution in [1.82, 2.24) is 0 Å². The van der Waals surface area contributed by atoms with Crippen LogP contribution in [0.5, 0.6) is 0 Å². The number of furan rings is 1. The summed E-state index contributed by atoms with van der Waals surface area (Å²) >= 11 is 0. The standard InChI is InChI=1S/C16H21NO5S/c1-3-5-6-14-10-12-9-13(7-8-15(12)22-14)17-23(19,20)11-16(18)21-4-2/h7-10,17H,3-6,11H2,1-2H3. The van der Waals surface area contributed by atoms with Crippen molar-refractivity contribution >= 4 is 32.6 Å². The summed E-state index contributed by atoms with van der Waals surface area (Å²) in [6.45, 7) is 3.88. The Kier molecular flexibility index (Phi) is 5.65. The van der Waals surface area contributed by atoms with Gasteiger partial charge in [-0.15, -0.1) is 0 Å². The number of rotatable bonds is 8. The van der Waals surface area contributed by atoms with Crippen LogP contribution in [0.3, 0.4) is 0 Å². The molecule has 0 spiro atoms. The van der Waals surface area contributed by atoms with Crippen molar-refractivity contribution in [2.24, 2.45) is 0 Å². The van der Waals surface area contributed by atoms with Crippen molar-refractivity contribution in [3.8, 4) is 0 Å². The van der Waals surface area contributed by atoms with Crippen molar-refractivity contribution < 1.29 is 22.4 Å². The molecule has 2 rings (SSSR count). The number of anilines is 1. The highest BCUT2D eigenvalue weighted by Crippen LogP contribution is 2.24. The highest BCUT2D eigenvalue weighted by Gasteiger charge is 2.17. The van der Waals surface area contributed by atoms with Gasteiger partial charge in [0.1, 0.15) is 11.3 Å². The maximum Gasteiger partial charge on any atom is 0.323 e. The van der Waals surface area contributed by atoms with Crippen LogP contribution in [0.2, 0.25) is 0 Å². The number of sulfonamides is 1. The molecule has 0 saturated carbocycles. The number of ether oxygens (including phenoxy) is 1. The van der Waals surface area contributed by atoms with E-state index in [1.165, 1.54) is 0 Å². The maximum atomic E-state index is 11.9. The molecule has 1 aromatic heterocycles. The van der Waals surface area contributed by atoms with E-state index in [1.807, 2.05) is 6.07 Å². The van der Waals surface area contributed by atoms with Gasteiger partial charge in [0.2, 0.25) is 10.0 Å². The molecular weight excluding hydrogens is 318 g/mol. The van der Waals surface area contributed by atoms with Crippen LogP contribution < -0.4 is 4.72 Å². The number of esters is 1. The molecule has 0 saturated heterocycles. The van der Waals surface area contributed by atoms with Crippen LogP contribution in [0.25, 0.3) is 11.0 Å². The van der Waals surface area contributed by atoms with Crippen LogP contribution in [-0.2, 0) is 26.0 Å². The first-order valence-electron chi connectivity index (χ1n) is 7.62. The Balaban J connectivity index is 2.12. The van der Waals surface area contributed by atoms with Crippen LogP contribution >= 0.6 is 0 Å². The van der Waals surface area contributed by atoms with E-state index in [-0.39, 0.29) is 6.61 Å². The van der Waals surface area contributed by atoms with E-state index in [4.69, 9.17) is 4.42 Å². The van der Waals surface area contributed by atoms with Gasteiger partial charge in [-0.05, 0) is 37.6 Å². The molecule has 2 aromatic rings. The van der Waals surface area contributed by atoms with E-state index in [9.17, 15) is 13.2 Å². The van der Waals surface area contributed by atoms with Crippen molar-refractivity contribution in [2.45, 2.75) is 33.1 Å². The Morgan fingerprint density at radius 1 is 1.26 bits per heavy atom. The maximum absolute atomic E-state index is 11.9. The zero-order valence-corrected chi connectivity index (χ0v) is 14.1. The summed E-state index contributed by atoms with van der Waals surface area (Å²) in [5, 5.41) is 0.826. The third kappa shape index (κ3) is 4.99. The predicted octanol–water partition coefficient (Wildman–Crippen LogP) is 3.08. The summed E-state index contributed by atoms with van der Waals surface area (Å²) in [4.78, 5) is 11.3. The highest BCUT2D eigenvalue weighted by molar-refractivity contribution is 7.93. The van der Waals surface area contributed by atoms with Gasteiger partial charge in [0, 0.05) is 17.5 Å². The van der Waals surface area contributed by atoms with E-state index >= 15 is 0 Å². The van der Waals surface area contributed by atoms with E-state index in [0.29, 0.717) is 11.3 Å². The van der Waals surface area contributed by atoms with Crippen molar-refractivity contribution in [1.29, 1.82) is 0 Å². The lowest BCUT2D eigenvalue weighted by Crippen LogP contribution is -2.24. The Morgan fingerprint density at radius 3 is 2.74 bits per heavy atom. The van der Waals surface area contributed by atoms with Crippen LogP contribution in [0.15, 0.2) is 28.7 Å². The van der Waals surface area contributed by atoms with E-state index in [0.717, 1.165) is 30.4 Å². The predicted molar refractivity (Wildman–Crippen MR) is 88.9 cm³/mol. The molecule has 126 valence electrons. The number of carbonyl (C=O) groups excluding carboxylic acids is 1. The molecule has 6 nitrogen and oxygen atoms in total. The van der Waals surface area contributed by atoms with Crippen molar-refractivity contribution in [2.75, 3.05) is 17.1 Å². The van der Waals surface area contributed by atoms with Crippen LogP contribution in [0.1, 0.15) is 32.4 Å². The van der Waals surface area contributed by atoms with Crippen LogP contribution in [-0.4, -0.2) is 26.7 Å². The van der Waals surface area contributed by atoms with Gasteiger partial charge < -0.3 is 9.15 Å². The van der Waals surface area contributed by atoms with Crippen molar-refractivity contribution in [3.63, 3.8) is 0 Å². The lowest BCUT2D eigenvalue weighted by Gasteiger charge is -2.07. The number of unbranched alkanes of at least 4 members (excludes halogenated alkanes) is 1. The SMILES string of the molecule is CCCCc1cc2cc(NS(=O)(=O)CC(=O)OCC)ccc2o1. The lowest BCUT2D eigenvalue weighted by atomic mass is 10.2. The summed E-state index contributed by atoms with van der Waals surface area (Å²) < 4.78 is 36.6.